The predicted octanol–water partition coefficient (Wildman–Crippen LogP) is 4.09. The molecule has 1 heterocycles. The lowest BCUT2D eigenvalue weighted by molar-refractivity contribution is -0.129. The second-order valence-electron chi connectivity index (χ2n) is 7.23. The first-order chi connectivity index (χ1) is 15.1. The van der Waals surface area contributed by atoms with E-state index in [4.69, 9.17) is 12.2 Å². The molecule has 32 heavy (non-hydrogen) atoms. The summed E-state index contributed by atoms with van der Waals surface area (Å²) in [4.78, 5) is 14.5. The van der Waals surface area contributed by atoms with Gasteiger partial charge in [-0.05, 0) is 69.1 Å². The predicted molar refractivity (Wildman–Crippen MR) is 125 cm³/mol. The van der Waals surface area contributed by atoms with Crippen molar-refractivity contribution < 1.29 is 22.2 Å². The van der Waals surface area contributed by atoms with Gasteiger partial charge in [-0.25, -0.2) is 4.39 Å². The van der Waals surface area contributed by atoms with E-state index >= 15 is 0 Å². The Kier molecular flexibility index (Phi) is 5.66. The van der Waals surface area contributed by atoms with Gasteiger partial charge in [0.25, 0.3) is 16.0 Å². The molecule has 4 rings (SSSR count). The van der Waals surface area contributed by atoms with Crippen LogP contribution >= 0.6 is 28.1 Å². The van der Waals surface area contributed by atoms with Crippen molar-refractivity contribution in [2.45, 2.75) is 10.4 Å². The summed E-state index contributed by atoms with van der Waals surface area (Å²) in [7, 11) is -2.94. The van der Waals surface area contributed by atoms with Gasteiger partial charge < -0.3 is 5.32 Å². The number of hydrogen-bond donors (Lipinski definition) is 2. The van der Waals surface area contributed by atoms with E-state index in [0.717, 1.165) is 0 Å². The summed E-state index contributed by atoms with van der Waals surface area (Å²) >= 11 is 8.49. The van der Waals surface area contributed by atoms with Crippen LogP contribution in [0.2, 0.25) is 0 Å². The van der Waals surface area contributed by atoms with Crippen LogP contribution in [0.15, 0.2) is 76.1 Å². The number of benzene rings is 3. The number of hydrogen-bond acceptors (Lipinski definition) is 4. The molecule has 0 spiro atoms. The second kappa shape index (κ2) is 8.04. The van der Waals surface area contributed by atoms with Crippen molar-refractivity contribution >= 4 is 49.3 Å². The van der Waals surface area contributed by atoms with Crippen LogP contribution in [0.3, 0.4) is 0 Å². The summed E-state index contributed by atoms with van der Waals surface area (Å²) < 4.78 is 47.5. The Morgan fingerprint density at radius 2 is 1.75 bits per heavy atom. The third kappa shape index (κ3) is 3.62. The molecule has 3 aromatic rings. The molecule has 1 aliphatic heterocycles. The Hall–Kier alpha value is -2.66. The summed E-state index contributed by atoms with van der Waals surface area (Å²) in [5, 5.41) is 3.26. The molecule has 0 aromatic heterocycles. The monoisotopic (exact) mass is 534 g/mol. The standard InChI is InChI=1S/C22H16BrFN2O4S2/c1-26-20(27)22(25-21(26)31,15-9-10-18(24)17(23)12-15)14-6-4-5-13(11-14)16-7-2-3-8-19(16)32(28,29)30/h2-12H,1H3,(H,25,31)(H,28,29,30). The molecule has 164 valence electrons. The van der Waals surface area contributed by atoms with Gasteiger partial charge in [0.05, 0.1) is 4.47 Å². The van der Waals surface area contributed by atoms with Gasteiger partial charge in [-0.15, -0.1) is 0 Å². The van der Waals surface area contributed by atoms with Crippen LogP contribution in [-0.4, -0.2) is 35.9 Å². The maximum absolute atomic E-state index is 13.9. The summed E-state index contributed by atoms with van der Waals surface area (Å²) in [6.07, 6.45) is 0. The van der Waals surface area contributed by atoms with E-state index in [9.17, 15) is 22.2 Å². The fourth-order valence-electron chi connectivity index (χ4n) is 3.78. The Balaban J connectivity index is 1.97. The van der Waals surface area contributed by atoms with Crippen molar-refractivity contribution in [1.29, 1.82) is 0 Å². The molecule has 2 N–H and O–H groups in total. The zero-order chi connectivity index (χ0) is 23.3. The number of halogens is 2. The van der Waals surface area contributed by atoms with Crippen LogP contribution in [0.1, 0.15) is 11.1 Å². The highest BCUT2D eigenvalue weighted by Crippen LogP contribution is 2.39. The van der Waals surface area contributed by atoms with Crippen LogP contribution in [-0.2, 0) is 20.5 Å². The maximum atomic E-state index is 13.9. The van der Waals surface area contributed by atoms with Crippen molar-refractivity contribution in [2.75, 3.05) is 7.05 Å². The third-order valence-electron chi connectivity index (χ3n) is 5.35. The molecule has 1 aliphatic rings. The van der Waals surface area contributed by atoms with E-state index in [-0.39, 0.29) is 26.0 Å². The fraction of sp³-hybridized carbons (Fsp3) is 0.0909. The zero-order valence-electron chi connectivity index (χ0n) is 16.5. The average Bonchev–Trinajstić information content (AvgIpc) is 3.00. The molecule has 1 fully saturated rings. The largest absolute Gasteiger partial charge is 0.341 e. The van der Waals surface area contributed by atoms with Crippen molar-refractivity contribution in [3.8, 4) is 11.1 Å². The Bertz CT molecular complexity index is 1380. The Morgan fingerprint density at radius 3 is 2.38 bits per heavy atom. The first-order valence-electron chi connectivity index (χ1n) is 9.29. The van der Waals surface area contributed by atoms with Crippen LogP contribution in [0.5, 0.6) is 0 Å². The summed E-state index contributed by atoms with van der Waals surface area (Å²) in [6, 6.07) is 16.9. The number of nitrogens with zero attached hydrogens (tertiary/aromatic N) is 1. The van der Waals surface area contributed by atoms with E-state index in [1.807, 2.05) is 0 Å². The molecule has 6 nitrogen and oxygen atoms in total. The van der Waals surface area contributed by atoms with E-state index < -0.39 is 21.5 Å². The number of thiocarbonyl (C=S) groups is 1. The number of nitrogens with one attached hydrogen (secondary N) is 1. The molecule has 1 unspecified atom stereocenters. The minimum absolute atomic E-state index is 0.178. The number of carbonyl (C=O) groups is 1. The van der Waals surface area contributed by atoms with Crippen molar-refractivity contribution in [3.05, 3.63) is 88.1 Å². The molecular formula is C22H16BrFN2O4S2. The fourth-order valence-corrected chi connectivity index (χ4v) is 5.11. The highest BCUT2D eigenvalue weighted by atomic mass is 79.9. The van der Waals surface area contributed by atoms with Crippen LogP contribution < -0.4 is 5.32 Å². The van der Waals surface area contributed by atoms with Crippen LogP contribution in [0.25, 0.3) is 11.1 Å². The number of carbonyl (C=O) groups excluding carboxylic acids is 1. The molecule has 0 aliphatic carbocycles. The molecule has 0 saturated carbocycles. The van der Waals surface area contributed by atoms with E-state index in [0.29, 0.717) is 16.7 Å². The highest BCUT2D eigenvalue weighted by Gasteiger charge is 2.51. The molecule has 1 amide bonds. The zero-order valence-corrected chi connectivity index (χ0v) is 19.8. The number of amides is 1. The minimum Gasteiger partial charge on any atom is -0.341 e. The van der Waals surface area contributed by atoms with Gasteiger partial charge in [0.2, 0.25) is 0 Å². The minimum atomic E-state index is -4.48. The molecule has 3 aromatic carbocycles. The topological polar surface area (TPSA) is 86.7 Å². The molecular weight excluding hydrogens is 519 g/mol. The van der Waals surface area contributed by atoms with E-state index in [1.165, 1.54) is 42.3 Å². The first kappa shape index (κ1) is 22.5. The molecule has 0 bridgehead atoms. The van der Waals surface area contributed by atoms with Gasteiger partial charge in [0.1, 0.15) is 10.7 Å². The van der Waals surface area contributed by atoms with Crippen LogP contribution in [0, 0.1) is 5.82 Å². The summed E-state index contributed by atoms with van der Waals surface area (Å²) in [5.41, 5.74) is 0.198. The smallest absolute Gasteiger partial charge is 0.295 e. The third-order valence-corrected chi connectivity index (χ3v) is 7.24. The lowest BCUT2D eigenvalue weighted by Gasteiger charge is -2.29. The first-order valence-corrected chi connectivity index (χ1v) is 11.9. The van der Waals surface area contributed by atoms with E-state index in [2.05, 4.69) is 21.2 Å². The van der Waals surface area contributed by atoms with Crippen molar-refractivity contribution in [2.24, 2.45) is 0 Å². The van der Waals surface area contributed by atoms with Crippen molar-refractivity contribution in [1.82, 2.24) is 10.2 Å². The Morgan fingerprint density at radius 1 is 1.06 bits per heavy atom. The lowest BCUT2D eigenvalue weighted by atomic mass is 9.81. The number of rotatable bonds is 4. The van der Waals surface area contributed by atoms with Gasteiger partial charge in [0, 0.05) is 12.6 Å². The van der Waals surface area contributed by atoms with Gasteiger partial charge in [-0.1, -0.05) is 42.5 Å². The van der Waals surface area contributed by atoms with Gasteiger partial charge in [-0.3, -0.25) is 14.2 Å². The SMILES string of the molecule is CN1C(=O)C(c2cccc(-c3ccccc3S(=O)(=O)O)c2)(c2ccc(F)c(Br)c2)NC1=S. The molecule has 10 heteroatoms. The van der Waals surface area contributed by atoms with Crippen LogP contribution in [0.4, 0.5) is 4.39 Å². The van der Waals surface area contributed by atoms with Gasteiger partial charge in [0.15, 0.2) is 10.7 Å². The molecule has 1 saturated heterocycles. The summed E-state index contributed by atoms with van der Waals surface area (Å²) in [5.74, 6) is -0.859. The number of likely N-dealkylation sites (N-methyl/N-ethyl adjacent to an activating group) is 1. The molecule has 1 atom stereocenters. The van der Waals surface area contributed by atoms with Crippen molar-refractivity contribution in [3.63, 3.8) is 0 Å². The quantitative estimate of drug-likeness (QED) is 0.387. The lowest BCUT2D eigenvalue weighted by Crippen LogP contribution is -2.45. The van der Waals surface area contributed by atoms with Gasteiger partial charge >= 0.3 is 0 Å². The Labute approximate surface area is 197 Å². The normalized spacial score (nSPS) is 18.7. The average molecular weight is 535 g/mol. The van der Waals surface area contributed by atoms with Gasteiger partial charge in [-0.2, -0.15) is 8.42 Å². The molecule has 0 radical (unpaired) electrons. The van der Waals surface area contributed by atoms with E-state index in [1.54, 1.807) is 36.4 Å². The second-order valence-corrected chi connectivity index (χ2v) is 9.86. The maximum Gasteiger partial charge on any atom is 0.295 e. The summed E-state index contributed by atoms with van der Waals surface area (Å²) in [6.45, 7) is 0. The highest BCUT2D eigenvalue weighted by molar-refractivity contribution is 9.10.